The Balaban J connectivity index is 1.70. The van der Waals surface area contributed by atoms with Crippen molar-refractivity contribution in [3.63, 3.8) is 0 Å². The van der Waals surface area contributed by atoms with Crippen LogP contribution in [0.15, 0.2) is 67.1 Å². The zero-order valence-electron chi connectivity index (χ0n) is 13.3. The van der Waals surface area contributed by atoms with Crippen LogP contribution in [0, 0.1) is 5.82 Å². The van der Waals surface area contributed by atoms with Crippen molar-refractivity contribution in [1.29, 1.82) is 0 Å². The third-order valence-electron chi connectivity index (χ3n) is 3.58. The number of nitrogens with zero attached hydrogens (tertiary/aromatic N) is 2. The summed E-state index contributed by atoms with van der Waals surface area (Å²) in [6.07, 6.45) is 4.97. The molecule has 0 aliphatic carbocycles. The summed E-state index contributed by atoms with van der Waals surface area (Å²) in [5.74, 6) is -0.934. The summed E-state index contributed by atoms with van der Waals surface area (Å²) in [6, 6.07) is 13.0. The third kappa shape index (κ3) is 4.68. The van der Waals surface area contributed by atoms with Gasteiger partial charge in [-0.05, 0) is 35.9 Å². The van der Waals surface area contributed by atoms with Gasteiger partial charge in [0.05, 0.1) is 11.4 Å². The molecule has 0 aliphatic heterocycles. The van der Waals surface area contributed by atoms with Crippen molar-refractivity contribution in [2.24, 2.45) is 0 Å². The summed E-state index contributed by atoms with van der Waals surface area (Å²) in [5, 5.41) is 0. The van der Waals surface area contributed by atoms with E-state index in [1.54, 1.807) is 42.9 Å². The van der Waals surface area contributed by atoms with Crippen molar-refractivity contribution < 1.29 is 12.8 Å². The summed E-state index contributed by atoms with van der Waals surface area (Å²) in [5.41, 5.74) is 2.45. The molecule has 0 aliphatic rings. The normalized spacial score (nSPS) is 11.4. The minimum Gasteiger partial charge on any atom is -0.264 e. The second kappa shape index (κ2) is 7.50. The largest absolute Gasteiger partial charge is 0.264 e. The molecule has 2 aromatic heterocycles. The lowest BCUT2D eigenvalue weighted by Crippen LogP contribution is -2.25. The molecule has 0 fully saturated rings. The van der Waals surface area contributed by atoms with Crippen molar-refractivity contribution in [2.45, 2.75) is 12.3 Å². The Kier molecular flexibility index (Phi) is 5.16. The fourth-order valence-corrected chi connectivity index (χ4v) is 3.45. The fourth-order valence-electron chi connectivity index (χ4n) is 2.32. The van der Waals surface area contributed by atoms with E-state index in [0.29, 0.717) is 5.69 Å². The van der Waals surface area contributed by atoms with Crippen molar-refractivity contribution in [3.8, 4) is 11.3 Å². The molecular weight excluding hydrogens is 341 g/mol. The number of hydrogen-bond donors (Lipinski definition) is 1. The van der Waals surface area contributed by atoms with Crippen LogP contribution in [-0.4, -0.2) is 18.4 Å². The highest BCUT2D eigenvalue weighted by molar-refractivity contribution is 7.88. The molecular formula is C18H16FN3O2S. The lowest BCUT2D eigenvalue weighted by molar-refractivity contribution is 0.574. The maximum Gasteiger partial charge on any atom is 0.216 e. The zero-order chi connectivity index (χ0) is 17.7. The predicted molar refractivity (Wildman–Crippen MR) is 93.3 cm³/mol. The van der Waals surface area contributed by atoms with Crippen LogP contribution in [0.1, 0.15) is 11.1 Å². The molecule has 0 amide bonds. The molecule has 1 N–H and O–H groups in total. The van der Waals surface area contributed by atoms with E-state index in [2.05, 4.69) is 14.7 Å². The van der Waals surface area contributed by atoms with Crippen LogP contribution >= 0.6 is 0 Å². The molecule has 0 spiro atoms. The van der Waals surface area contributed by atoms with E-state index >= 15 is 0 Å². The van der Waals surface area contributed by atoms with Crippen molar-refractivity contribution in [3.05, 3.63) is 84.1 Å². The highest BCUT2D eigenvalue weighted by atomic mass is 32.2. The van der Waals surface area contributed by atoms with Gasteiger partial charge in [-0.1, -0.05) is 18.2 Å². The molecule has 5 nitrogen and oxygen atoms in total. The Morgan fingerprint density at radius 3 is 2.64 bits per heavy atom. The number of aromatic nitrogens is 2. The average molecular weight is 357 g/mol. The number of halogens is 1. The van der Waals surface area contributed by atoms with E-state index in [0.717, 1.165) is 11.1 Å². The molecule has 0 radical (unpaired) electrons. The van der Waals surface area contributed by atoms with Crippen LogP contribution in [0.3, 0.4) is 0 Å². The maximum absolute atomic E-state index is 13.6. The summed E-state index contributed by atoms with van der Waals surface area (Å²) < 4.78 is 40.5. The Labute approximate surface area is 145 Å². The molecule has 0 atom stereocenters. The lowest BCUT2D eigenvalue weighted by atomic mass is 10.1. The van der Waals surface area contributed by atoms with E-state index in [1.165, 1.54) is 18.2 Å². The molecule has 7 heteroatoms. The quantitative estimate of drug-likeness (QED) is 0.736. The van der Waals surface area contributed by atoms with Gasteiger partial charge >= 0.3 is 0 Å². The van der Waals surface area contributed by atoms with Gasteiger partial charge < -0.3 is 0 Å². The monoisotopic (exact) mass is 357 g/mol. The number of hydrogen-bond acceptors (Lipinski definition) is 4. The van der Waals surface area contributed by atoms with E-state index in [4.69, 9.17) is 0 Å². The standard InChI is InChI=1S/C18H16FN3O2S/c19-17-6-2-1-4-16(17)13-25(23,24)22-11-14-7-9-21-18(10-14)15-5-3-8-20-12-15/h1-10,12,22H,11,13H2. The van der Waals surface area contributed by atoms with E-state index < -0.39 is 21.6 Å². The molecule has 3 rings (SSSR count). The Bertz CT molecular complexity index is 963. The van der Waals surface area contributed by atoms with Gasteiger partial charge in [-0.25, -0.2) is 17.5 Å². The summed E-state index contributed by atoms with van der Waals surface area (Å²) in [4.78, 5) is 8.31. The lowest BCUT2D eigenvalue weighted by Gasteiger charge is -2.08. The average Bonchev–Trinajstić information content (AvgIpc) is 2.63. The Morgan fingerprint density at radius 2 is 1.88 bits per heavy atom. The van der Waals surface area contributed by atoms with Crippen LogP contribution in [0.4, 0.5) is 4.39 Å². The first-order valence-electron chi connectivity index (χ1n) is 7.59. The van der Waals surface area contributed by atoms with Crippen LogP contribution in [0.2, 0.25) is 0 Å². The topological polar surface area (TPSA) is 72.0 Å². The molecule has 0 unspecified atom stereocenters. The first kappa shape index (κ1) is 17.2. The predicted octanol–water partition coefficient (Wildman–Crippen LogP) is 2.90. The van der Waals surface area contributed by atoms with E-state index in [9.17, 15) is 12.8 Å². The Hall–Kier alpha value is -2.64. The first-order valence-corrected chi connectivity index (χ1v) is 9.25. The van der Waals surface area contributed by atoms with Gasteiger partial charge in [0.2, 0.25) is 10.0 Å². The zero-order valence-corrected chi connectivity index (χ0v) is 14.1. The number of sulfonamides is 1. The maximum atomic E-state index is 13.6. The third-order valence-corrected chi connectivity index (χ3v) is 4.86. The van der Waals surface area contributed by atoms with Crippen molar-refractivity contribution >= 4 is 10.0 Å². The highest BCUT2D eigenvalue weighted by Crippen LogP contribution is 2.16. The highest BCUT2D eigenvalue weighted by Gasteiger charge is 2.14. The molecule has 0 saturated carbocycles. The van der Waals surface area contributed by atoms with Gasteiger partial charge in [0.25, 0.3) is 0 Å². The van der Waals surface area contributed by atoms with Crippen LogP contribution < -0.4 is 4.72 Å². The molecule has 0 saturated heterocycles. The SMILES string of the molecule is O=S(=O)(Cc1ccccc1F)NCc1ccnc(-c2cccnc2)c1. The Morgan fingerprint density at radius 1 is 1.04 bits per heavy atom. The summed E-state index contributed by atoms with van der Waals surface area (Å²) in [6.45, 7) is 0.104. The van der Waals surface area contributed by atoms with E-state index in [1.807, 2.05) is 6.07 Å². The summed E-state index contributed by atoms with van der Waals surface area (Å²) in [7, 11) is -3.66. The first-order chi connectivity index (χ1) is 12.0. The van der Waals surface area contributed by atoms with Crippen LogP contribution in [-0.2, 0) is 22.3 Å². The smallest absolute Gasteiger partial charge is 0.216 e. The number of pyridine rings is 2. The summed E-state index contributed by atoms with van der Waals surface area (Å²) >= 11 is 0. The molecule has 1 aromatic carbocycles. The van der Waals surface area contributed by atoms with Crippen molar-refractivity contribution in [2.75, 3.05) is 0 Å². The molecule has 2 heterocycles. The van der Waals surface area contributed by atoms with Crippen molar-refractivity contribution in [1.82, 2.24) is 14.7 Å². The molecule has 0 bridgehead atoms. The van der Waals surface area contributed by atoms with Gasteiger partial charge in [-0.2, -0.15) is 0 Å². The van der Waals surface area contributed by atoms with E-state index in [-0.39, 0.29) is 12.1 Å². The van der Waals surface area contributed by atoms with Gasteiger partial charge in [0, 0.05) is 36.3 Å². The molecule has 128 valence electrons. The number of nitrogens with one attached hydrogen (secondary N) is 1. The second-order valence-corrected chi connectivity index (χ2v) is 7.27. The van der Waals surface area contributed by atoms with Crippen LogP contribution in [0.25, 0.3) is 11.3 Å². The number of benzene rings is 1. The minimum absolute atomic E-state index is 0.104. The van der Waals surface area contributed by atoms with Gasteiger partial charge in [-0.3, -0.25) is 9.97 Å². The molecule has 25 heavy (non-hydrogen) atoms. The van der Waals surface area contributed by atoms with Gasteiger partial charge in [0.15, 0.2) is 0 Å². The minimum atomic E-state index is -3.66. The van der Waals surface area contributed by atoms with Gasteiger partial charge in [-0.15, -0.1) is 0 Å². The molecule has 3 aromatic rings. The second-order valence-electron chi connectivity index (χ2n) is 5.46. The van der Waals surface area contributed by atoms with Gasteiger partial charge in [0.1, 0.15) is 5.82 Å². The number of rotatable bonds is 6. The fraction of sp³-hybridized carbons (Fsp3) is 0.111. The van der Waals surface area contributed by atoms with Crippen LogP contribution in [0.5, 0.6) is 0 Å².